The molecule has 0 saturated heterocycles. The molecule has 0 radical (unpaired) electrons. The van der Waals surface area contributed by atoms with Gasteiger partial charge in [0.15, 0.2) is 13.7 Å². The fourth-order valence-electron chi connectivity index (χ4n) is 0.529. The van der Waals surface area contributed by atoms with Crippen molar-refractivity contribution in [2.24, 2.45) is 0 Å². The summed E-state index contributed by atoms with van der Waals surface area (Å²) >= 11 is 0. The number of pyridine rings is 1. The number of hydrogen-bond acceptors (Lipinski definition) is 1. The second-order valence-corrected chi connectivity index (χ2v) is 1.83. The van der Waals surface area contributed by atoms with Crippen LogP contribution in [-0.4, -0.2) is 12.8 Å². The minimum Gasteiger partial charge on any atom is -0.230 e. The molecule has 52 valence electrons. The Hall–Kier alpha value is -0.995. The molecule has 1 aromatic rings. The topological polar surface area (TPSA) is 12.9 Å². The van der Waals surface area contributed by atoms with Crippen molar-refractivity contribution in [2.75, 3.05) is 0 Å². The summed E-state index contributed by atoms with van der Waals surface area (Å²) in [5.74, 6) is -3.36. The first kappa shape index (κ1) is 7.12. The highest BCUT2D eigenvalue weighted by molar-refractivity contribution is 6.30. The smallest absolute Gasteiger partial charge is 0.230 e. The van der Waals surface area contributed by atoms with Crippen LogP contribution in [0, 0.1) is 17.6 Å². The summed E-state index contributed by atoms with van der Waals surface area (Å²) in [4.78, 5) is 2.96. The van der Waals surface area contributed by atoms with Crippen LogP contribution in [0.3, 0.4) is 0 Å². The van der Waals surface area contributed by atoms with Crippen molar-refractivity contribution < 1.29 is 13.2 Å². The van der Waals surface area contributed by atoms with Gasteiger partial charge >= 0.3 is 0 Å². The van der Waals surface area contributed by atoms with Gasteiger partial charge in [0, 0.05) is 11.7 Å². The Morgan fingerprint density at radius 2 is 1.80 bits per heavy atom. The first-order chi connectivity index (χ1) is 4.61. The van der Waals surface area contributed by atoms with Gasteiger partial charge in [-0.15, -0.1) is 0 Å². The molecular weight excluding hydrogens is 142 g/mol. The largest absolute Gasteiger partial charge is 0.248 e. The maximum absolute atomic E-state index is 12.3. The van der Waals surface area contributed by atoms with Gasteiger partial charge < -0.3 is 0 Å². The summed E-state index contributed by atoms with van der Waals surface area (Å²) in [6.07, 6.45) is 0. The van der Waals surface area contributed by atoms with Crippen molar-refractivity contribution >= 4 is 13.4 Å². The third kappa shape index (κ3) is 1.12. The molecule has 0 spiro atoms. The van der Waals surface area contributed by atoms with Gasteiger partial charge in [0.2, 0.25) is 5.95 Å². The van der Waals surface area contributed by atoms with Crippen LogP contribution in [0.4, 0.5) is 13.2 Å². The Kier molecular flexibility index (Phi) is 1.65. The monoisotopic (exact) mass is 145 g/mol. The van der Waals surface area contributed by atoms with Crippen LogP contribution in [0.5, 0.6) is 0 Å². The summed E-state index contributed by atoms with van der Waals surface area (Å²) in [6.45, 7) is 0. The van der Waals surface area contributed by atoms with Crippen LogP contribution in [0.1, 0.15) is 0 Å². The molecule has 0 amide bonds. The van der Waals surface area contributed by atoms with Gasteiger partial charge in [0.05, 0.1) is 0 Å². The Balaban J connectivity index is 3.28. The summed E-state index contributed by atoms with van der Waals surface area (Å²) in [7, 11) is 1.26. The van der Waals surface area contributed by atoms with Gasteiger partial charge in [0.1, 0.15) is 5.82 Å². The Labute approximate surface area is 56.3 Å². The lowest BCUT2D eigenvalue weighted by Gasteiger charge is -1.94. The summed E-state index contributed by atoms with van der Waals surface area (Å²) in [5, 5.41) is 0. The second kappa shape index (κ2) is 2.32. The molecule has 0 unspecified atom stereocenters. The van der Waals surface area contributed by atoms with Gasteiger partial charge in [-0.25, -0.2) is 13.8 Å². The highest BCUT2D eigenvalue weighted by Crippen LogP contribution is 2.00. The van der Waals surface area contributed by atoms with Crippen molar-refractivity contribution in [2.45, 2.75) is 0 Å². The van der Waals surface area contributed by atoms with Gasteiger partial charge in [-0.1, -0.05) is 0 Å². The highest BCUT2D eigenvalue weighted by Gasteiger charge is 2.06. The van der Waals surface area contributed by atoms with E-state index in [1.165, 1.54) is 7.85 Å². The summed E-state index contributed by atoms with van der Waals surface area (Å²) in [5.41, 5.74) is -0.140. The molecule has 0 bridgehead atoms. The van der Waals surface area contributed by atoms with Crippen molar-refractivity contribution in [1.29, 1.82) is 0 Å². The van der Waals surface area contributed by atoms with Crippen LogP contribution >= 0.6 is 0 Å². The Bertz CT molecular complexity index is 213. The van der Waals surface area contributed by atoms with Crippen LogP contribution in [-0.2, 0) is 0 Å². The molecule has 10 heavy (non-hydrogen) atoms. The minimum absolute atomic E-state index is 0.140. The lowest BCUT2D eigenvalue weighted by atomic mass is 10.0. The number of rotatable bonds is 0. The van der Waals surface area contributed by atoms with E-state index < -0.39 is 17.6 Å². The molecule has 0 fully saturated rings. The number of halogens is 3. The average molecular weight is 145 g/mol. The Morgan fingerprint density at radius 3 is 2.30 bits per heavy atom. The van der Waals surface area contributed by atoms with E-state index >= 15 is 0 Å². The molecule has 0 aliphatic heterocycles. The zero-order chi connectivity index (χ0) is 7.72. The first-order valence-electron chi connectivity index (χ1n) is 2.59. The normalized spacial score (nSPS) is 9.90. The predicted octanol–water partition coefficient (Wildman–Crippen LogP) is -0.243. The molecule has 5 heteroatoms. The molecule has 1 aromatic heterocycles. The van der Waals surface area contributed by atoms with Crippen LogP contribution in [0.15, 0.2) is 6.07 Å². The molecule has 1 heterocycles. The van der Waals surface area contributed by atoms with Crippen LogP contribution in [0.25, 0.3) is 0 Å². The van der Waals surface area contributed by atoms with Gasteiger partial charge in [-0.2, -0.15) is 4.39 Å². The fraction of sp³-hybridized carbons (Fsp3) is 0. The molecule has 1 nitrogen and oxygen atoms in total. The molecular formula is C5H3BF3N. The van der Waals surface area contributed by atoms with E-state index in [-0.39, 0.29) is 5.59 Å². The molecule has 1 rings (SSSR count). The Morgan fingerprint density at radius 1 is 1.20 bits per heavy atom. The van der Waals surface area contributed by atoms with E-state index in [0.717, 1.165) is 0 Å². The van der Waals surface area contributed by atoms with Crippen LogP contribution < -0.4 is 5.59 Å². The lowest BCUT2D eigenvalue weighted by molar-refractivity contribution is 0.469. The maximum Gasteiger partial charge on any atom is 0.248 e. The van der Waals surface area contributed by atoms with Crippen molar-refractivity contribution in [3.63, 3.8) is 0 Å². The minimum atomic E-state index is -1.26. The number of aromatic nitrogens is 1. The van der Waals surface area contributed by atoms with Gasteiger partial charge in [-0.3, -0.25) is 0 Å². The van der Waals surface area contributed by atoms with E-state index in [1.807, 2.05) is 0 Å². The fourth-order valence-corrected chi connectivity index (χ4v) is 0.529. The summed E-state index contributed by atoms with van der Waals surface area (Å²) < 4.78 is 36.5. The number of nitrogens with zero attached hydrogens (tertiary/aromatic N) is 1. The second-order valence-electron chi connectivity index (χ2n) is 1.83. The van der Waals surface area contributed by atoms with Crippen molar-refractivity contribution in [3.05, 3.63) is 23.6 Å². The van der Waals surface area contributed by atoms with Crippen LogP contribution in [0.2, 0.25) is 0 Å². The SMILES string of the molecule is Bc1nc(F)c(F)cc1F. The van der Waals surface area contributed by atoms with Crippen molar-refractivity contribution in [1.82, 2.24) is 4.98 Å². The third-order valence-electron chi connectivity index (χ3n) is 1.06. The van der Waals surface area contributed by atoms with Crippen molar-refractivity contribution in [3.8, 4) is 0 Å². The van der Waals surface area contributed by atoms with E-state index in [0.29, 0.717) is 6.07 Å². The molecule has 0 aromatic carbocycles. The molecule has 0 saturated carbocycles. The quantitative estimate of drug-likeness (QED) is 0.362. The molecule has 0 atom stereocenters. The van der Waals surface area contributed by atoms with E-state index in [9.17, 15) is 13.2 Å². The zero-order valence-corrected chi connectivity index (χ0v) is 5.16. The van der Waals surface area contributed by atoms with E-state index in [2.05, 4.69) is 4.98 Å². The lowest BCUT2D eigenvalue weighted by Crippen LogP contribution is -2.16. The van der Waals surface area contributed by atoms with E-state index in [1.54, 1.807) is 0 Å². The molecule has 0 aliphatic carbocycles. The zero-order valence-electron chi connectivity index (χ0n) is 5.16. The van der Waals surface area contributed by atoms with E-state index in [4.69, 9.17) is 0 Å². The average Bonchev–Trinajstić information content (AvgIpc) is 1.84. The predicted molar refractivity (Wildman–Crippen MR) is 32.3 cm³/mol. The first-order valence-corrected chi connectivity index (χ1v) is 2.59. The molecule has 0 aliphatic rings. The van der Waals surface area contributed by atoms with Gasteiger partial charge in [-0.05, 0) is 0 Å². The number of hydrogen-bond donors (Lipinski definition) is 0. The van der Waals surface area contributed by atoms with Gasteiger partial charge in [0.25, 0.3) is 0 Å². The third-order valence-corrected chi connectivity index (χ3v) is 1.06. The maximum atomic E-state index is 12.3. The highest BCUT2D eigenvalue weighted by atomic mass is 19.2. The summed E-state index contributed by atoms with van der Waals surface area (Å²) in [6, 6.07) is 0.470. The molecule has 0 N–H and O–H groups in total. The standard InChI is InChI=1S/C5H3BF3N/c6-4-2(7)1-3(8)5(9)10-4/h1H,6H2.